The van der Waals surface area contributed by atoms with Crippen LogP contribution in [0.25, 0.3) is 20.5 Å². The second kappa shape index (κ2) is 12.7. The molecule has 2 aromatic carbocycles. The number of aliphatic carboxylic acids is 1. The maximum Gasteiger partial charge on any atom is 0.416 e. The Labute approximate surface area is 275 Å². The summed E-state index contributed by atoms with van der Waals surface area (Å²) in [6.45, 7) is 5.29. The van der Waals surface area contributed by atoms with Crippen LogP contribution < -0.4 is 9.80 Å². The Bertz CT molecular complexity index is 1840. The first-order chi connectivity index (χ1) is 22.3. The van der Waals surface area contributed by atoms with Gasteiger partial charge in [-0.15, -0.1) is 11.3 Å². The van der Waals surface area contributed by atoms with Gasteiger partial charge < -0.3 is 14.9 Å². The molecule has 14 heteroatoms. The van der Waals surface area contributed by atoms with E-state index >= 15 is 0 Å². The van der Waals surface area contributed by atoms with Gasteiger partial charge in [0.15, 0.2) is 0 Å². The van der Waals surface area contributed by atoms with E-state index in [-0.39, 0.29) is 18.4 Å². The Kier molecular flexibility index (Phi) is 9.28. The number of fused-ring (bicyclic) bond motifs is 1. The fourth-order valence-electron chi connectivity index (χ4n) is 6.18. The molecule has 0 radical (unpaired) electrons. The zero-order chi connectivity index (χ0) is 35.3. The van der Waals surface area contributed by atoms with Crippen LogP contribution in [0.1, 0.15) is 55.4 Å². The highest BCUT2D eigenvalue weighted by Crippen LogP contribution is 2.49. The van der Waals surface area contributed by atoms with Crippen molar-refractivity contribution >= 4 is 44.8 Å². The van der Waals surface area contributed by atoms with Crippen LogP contribution in [0, 0.1) is 18.7 Å². The third-order valence-electron chi connectivity index (χ3n) is 8.85. The first kappa shape index (κ1) is 35.1. The fraction of sp³-hybridized carbons (Fsp3) is 0.382. The van der Waals surface area contributed by atoms with Gasteiger partial charge >= 0.3 is 18.3 Å². The molecule has 1 N–H and O–H groups in total. The van der Waals surface area contributed by atoms with Gasteiger partial charge in [-0.3, -0.25) is 9.59 Å². The van der Waals surface area contributed by atoms with Gasteiger partial charge in [0.25, 0.3) is 0 Å². The quantitative estimate of drug-likeness (QED) is 0.195. The minimum Gasteiger partial charge on any atom is -0.481 e. The van der Waals surface area contributed by atoms with Gasteiger partial charge in [0.1, 0.15) is 11.6 Å². The van der Waals surface area contributed by atoms with Gasteiger partial charge in [-0.2, -0.15) is 26.3 Å². The number of nitrogens with zero attached hydrogens (tertiary/aromatic N) is 3. The van der Waals surface area contributed by atoms with Gasteiger partial charge in [-0.25, -0.2) is 9.37 Å². The molecule has 1 aliphatic heterocycles. The molecule has 4 aromatic rings. The number of carbonyl (C=O) groups is 2. The minimum absolute atomic E-state index is 0.00831. The maximum absolute atomic E-state index is 14.3. The van der Waals surface area contributed by atoms with Crippen molar-refractivity contribution in [3.05, 3.63) is 76.7 Å². The maximum atomic E-state index is 14.3. The monoisotopic (exact) mass is 695 g/mol. The van der Waals surface area contributed by atoms with E-state index in [2.05, 4.69) is 4.98 Å². The summed E-state index contributed by atoms with van der Waals surface area (Å²) in [7, 11) is 1.41. The summed E-state index contributed by atoms with van der Waals surface area (Å²) in [6.07, 6.45) is -7.34. The lowest BCUT2D eigenvalue weighted by molar-refractivity contribution is -0.143. The Balaban J connectivity index is 1.64. The second-order valence-electron chi connectivity index (χ2n) is 12.6. The molecule has 48 heavy (non-hydrogen) atoms. The highest BCUT2D eigenvalue weighted by Gasteiger charge is 2.42. The molecule has 0 spiro atoms. The van der Waals surface area contributed by atoms with Crippen molar-refractivity contribution in [3.63, 3.8) is 0 Å². The molecule has 0 saturated carbocycles. The Morgan fingerprint density at radius 2 is 1.54 bits per heavy atom. The molecular formula is C34H32F7N3O3S. The van der Waals surface area contributed by atoms with E-state index in [1.807, 2.05) is 4.90 Å². The summed E-state index contributed by atoms with van der Waals surface area (Å²) >= 11 is 1.28. The summed E-state index contributed by atoms with van der Waals surface area (Å²) in [5.74, 6) is -1.53. The third-order valence-corrected chi connectivity index (χ3v) is 10.1. The predicted octanol–water partition coefficient (Wildman–Crippen LogP) is 9.08. The number of rotatable bonds is 7. The smallest absolute Gasteiger partial charge is 0.416 e. The Hall–Kier alpha value is -4.20. The van der Waals surface area contributed by atoms with Gasteiger partial charge in [-0.05, 0) is 92.6 Å². The van der Waals surface area contributed by atoms with Crippen molar-refractivity contribution in [1.82, 2.24) is 4.98 Å². The second-order valence-corrected chi connectivity index (χ2v) is 13.6. The van der Waals surface area contributed by atoms with Gasteiger partial charge in [0, 0.05) is 38.1 Å². The Morgan fingerprint density at radius 1 is 0.958 bits per heavy atom. The molecule has 1 fully saturated rings. The number of amides is 1. The number of carboxylic acids is 1. The van der Waals surface area contributed by atoms with Crippen LogP contribution >= 0.6 is 11.3 Å². The Morgan fingerprint density at radius 3 is 2.08 bits per heavy atom. The molecule has 1 amide bonds. The van der Waals surface area contributed by atoms with E-state index < -0.39 is 52.2 Å². The minimum atomic E-state index is -5.09. The molecule has 3 heterocycles. The van der Waals surface area contributed by atoms with Gasteiger partial charge in [0.2, 0.25) is 5.91 Å². The van der Waals surface area contributed by atoms with Crippen LogP contribution in [0.4, 0.5) is 42.2 Å². The number of hydrogen-bond donors (Lipinski definition) is 1. The van der Waals surface area contributed by atoms with E-state index in [0.717, 1.165) is 0 Å². The number of carbonyl (C=O) groups excluding carboxylic acids is 1. The van der Waals surface area contributed by atoms with Crippen LogP contribution in [-0.2, 0) is 27.4 Å². The molecule has 1 aliphatic rings. The summed E-state index contributed by atoms with van der Waals surface area (Å²) < 4.78 is 97.2. The molecule has 1 saturated heterocycles. The van der Waals surface area contributed by atoms with Crippen LogP contribution in [0.2, 0.25) is 0 Å². The number of piperidine rings is 1. The number of pyridine rings is 1. The molecule has 5 rings (SSSR count). The number of likely N-dealkylation sites (N-methyl/N-ethyl adjacent to an activating group) is 1. The average molecular weight is 696 g/mol. The van der Waals surface area contributed by atoms with Crippen LogP contribution in [0.15, 0.2) is 48.7 Å². The van der Waals surface area contributed by atoms with Crippen molar-refractivity contribution in [2.75, 3.05) is 29.9 Å². The molecule has 256 valence electrons. The highest BCUT2D eigenvalue weighted by atomic mass is 32.1. The summed E-state index contributed by atoms with van der Waals surface area (Å²) in [5.41, 5.74) is -3.91. The summed E-state index contributed by atoms with van der Waals surface area (Å²) in [4.78, 5) is 33.9. The fourth-order valence-corrected chi connectivity index (χ4v) is 7.61. The standard InChI is InChI=1S/C34H32F7N3O3S/c1-18-13-23(35)5-6-24(18)28-27(25-7-10-42-30(29(25)48-28)44-11-8-19(9-12-44)14-26(45)46)43(4)31(47)32(2,3)20-15-21(33(36,37)38)17-22(16-20)34(39,40)41/h5-7,10,13,15-17,19H,8-9,11-12,14H2,1-4H3,(H,45,46). The number of alkyl halides is 6. The highest BCUT2D eigenvalue weighted by molar-refractivity contribution is 7.23. The van der Waals surface area contributed by atoms with E-state index in [9.17, 15) is 45.4 Å². The van der Waals surface area contributed by atoms with Gasteiger partial charge in [-0.1, -0.05) is 6.07 Å². The SMILES string of the molecule is Cc1cc(F)ccc1-c1sc2c(N3CCC(CC(=O)O)CC3)nccc2c1N(C)C(=O)C(C)(C)c1cc(C(F)(F)F)cc(C(F)(F)F)c1. The van der Waals surface area contributed by atoms with Crippen molar-refractivity contribution in [3.8, 4) is 10.4 Å². The number of carboxylic acid groups (broad SMARTS) is 1. The normalized spacial score (nSPS) is 14.9. The number of aromatic nitrogens is 1. The number of halogens is 7. The van der Waals surface area contributed by atoms with E-state index in [1.54, 1.807) is 25.3 Å². The van der Waals surface area contributed by atoms with Crippen molar-refractivity contribution in [1.29, 1.82) is 0 Å². The number of thiophene rings is 1. The van der Waals surface area contributed by atoms with E-state index in [4.69, 9.17) is 0 Å². The van der Waals surface area contributed by atoms with Crippen LogP contribution in [0.5, 0.6) is 0 Å². The number of hydrogen-bond acceptors (Lipinski definition) is 5. The summed E-state index contributed by atoms with van der Waals surface area (Å²) in [6, 6.07) is 6.96. The van der Waals surface area contributed by atoms with E-state index in [0.29, 0.717) is 75.7 Å². The zero-order valence-corrected chi connectivity index (χ0v) is 27.2. The number of benzene rings is 2. The first-order valence-electron chi connectivity index (χ1n) is 15.0. The molecule has 0 unspecified atom stereocenters. The average Bonchev–Trinajstić information content (AvgIpc) is 3.38. The largest absolute Gasteiger partial charge is 0.481 e. The van der Waals surface area contributed by atoms with Crippen molar-refractivity contribution in [2.24, 2.45) is 5.92 Å². The van der Waals surface area contributed by atoms with Gasteiger partial charge in [0.05, 0.1) is 31.8 Å². The summed E-state index contributed by atoms with van der Waals surface area (Å²) in [5, 5.41) is 9.77. The lowest BCUT2D eigenvalue weighted by Crippen LogP contribution is -2.42. The first-order valence-corrected chi connectivity index (χ1v) is 15.8. The lowest BCUT2D eigenvalue weighted by atomic mass is 9.81. The van der Waals surface area contributed by atoms with E-state index in [1.165, 1.54) is 49.3 Å². The third kappa shape index (κ3) is 6.85. The molecule has 0 atom stereocenters. The molecule has 0 bridgehead atoms. The predicted molar refractivity (Wildman–Crippen MR) is 170 cm³/mol. The lowest BCUT2D eigenvalue weighted by Gasteiger charge is -2.32. The molecular weight excluding hydrogens is 663 g/mol. The number of aryl methyl sites for hydroxylation is 1. The molecule has 6 nitrogen and oxygen atoms in total. The van der Waals surface area contributed by atoms with Crippen molar-refractivity contribution < 1.29 is 45.4 Å². The van der Waals surface area contributed by atoms with Crippen molar-refractivity contribution in [2.45, 2.75) is 57.8 Å². The molecule has 0 aliphatic carbocycles. The number of anilines is 2. The van der Waals surface area contributed by atoms with Crippen LogP contribution in [-0.4, -0.2) is 42.1 Å². The zero-order valence-electron chi connectivity index (χ0n) is 26.4. The molecule has 2 aromatic heterocycles. The van der Waals surface area contributed by atoms with Crippen LogP contribution in [0.3, 0.4) is 0 Å². The topological polar surface area (TPSA) is 73.7 Å².